The molecule has 0 bridgehead atoms. The summed E-state index contributed by atoms with van der Waals surface area (Å²) in [6.45, 7) is 6.27. The van der Waals surface area contributed by atoms with Crippen molar-refractivity contribution in [3.63, 3.8) is 0 Å². The highest BCUT2D eigenvalue weighted by molar-refractivity contribution is 7.22. The van der Waals surface area contributed by atoms with E-state index in [0.717, 1.165) is 21.3 Å². The number of methoxy groups -OCH3 is 2. The first-order valence-electron chi connectivity index (χ1n) is 12.4. The Hall–Kier alpha value is -4.37. The van der Waals surface area contributed by atoms with Gasteiger partial charge in [-0.3, -0.25) is 14.5 Å². The summed E-state index contributed by atoms with van der Waals surface area (Å²) >= 11 is 1.33. The maximum absolute atomic E-state index is 13.6. The molecule has 0 spiro atoms. The minimum atomic E-state index is -0.946. The molecule has 1 N–H and O–H groups in total. The van der Waals surface area contributed by atoms with Crippen LogP contribution in [0.15, 0.2) is 60.2 Å². The Morgan fingerprint density at radius 2 is 1.74 bits per heavy atom. The molecule has 3 aromatic carbocycles. The van der Waals surface area contributed by atoms with Crippen molar-refractivity contribution in [2.45, 2.75) is 26.8 Å². The number of carbonyl (C=O) groups excluding carboxylic acids is 2. The quantitative estimate of drug-likeness (QED) is 0.174. The SMILES string of the molecule is CCOc1ccc(C2C(=C(O)c3ccc(OC)cc3)C(=O)C(=O)N2c2nc3c(C)cc(C)cc3s2)cc1OC. The second kappa shape index (κ2) is 10.4. The monoisotopic (exact) mass is 544 g/mol. The Kier molecular flexibility index (Phi) is 7.01. The van der Waals surface area contributed by atoms with Gasteiger partial charge in [-0.05, 0) is 79.9 Å². The van der Waals surface area contributed by atoms with Crippen LogP contribution in [0.4, 0.5) is 5.13 Å². The van der Waals surface area contributed by atoms with E-state index in [9.17, 15) is 14.7 Å². The van der Waals surface area contributed by atoms with E-state index in [1.165, 1.54) is 23.3 Å². The minimum absolute atomic E-state index is 0.0384. The van der Waals surface area contributed by atoms with Crippen LogP contribution in [0.2, 0.25) is 0 Å². The summed E-state index contributed by atoms with van der Waals surface area (Å²) in [5, 5.41) is 11.8. The third kappa shape index (κ3) is 4.59. The molecule has 200 valence electrons. The van der Waals surface area contributed by atoms with Gasteiger partial charge in [0.1, 0.15) is 11.5 Å². The Balaban J connectivity index is 1.74. The number of fused-ring (bicyclic) bond motifs is 1. The van der Waals surface area contributed by atoms with Gasteiger partial charge in [0.05, 0.1) is 42.7 Å². The summed E-state index contributed by atoms with van der Waals surface area (Å²) in [6.07, 6.45) is 0. The molecule has 1 amide bonds. The molecule has 1 aromatic heterocycles. The van der Waals surface area contributed by atoms with Crippen LogP contribution in [0, 0.1) is 13.8 Å². The molecule has 2 heterocycles. The normalized spacial score (nSPS) is 16.6. The number of anilines is 1. The van der Waals surface area contributed by atoms with Crippen molar-refractivity contribution < 1.29 is 28.9 Å². The molecule has 5 rings (SSSR count). The van der Waals surface area contributed by atoms with Crippen LogP contribution in [-0.2, 0) is 9.59 Å². The summed E-state index contributed by atoms with van der Waals surface area (Å²) < 4.78 is 17.4. The molecular weight excluding hydrogens is 516 g/mol. The van der Waals surface area contributed by atoms with Crippen LogP contribution in [0.25, 0.3) is 16.0 Å². The molecule has 1 unspecified atom stereocenters. The summed E-state index contributed by atoms with van der Waals surface area (Å²) in [7, 11) is 3.06. The zero-order valence-electron chi connectivity index (χ0n) is 22.3. The third-order valence-electron chi connectivity index (χ3n) is 6.64. The van der Waals surface area contributed by atoms with Crippen LogP contribution >= 0.6 is 11.3 Å². The lowest BCUT2D eigenvalue weighted by atomic mass is 9.95. The van der Waals surface area contributed by atoms with Gasteiger partial charge in [0, 0.05) is 5.56 Å². The van der Waals surface area contributed by atoms with E-state index in [1.54, 1.807) is 49.6 Å². The van der Waals surface area contributed by atoms with E-state index >= 15 is 0 Å². The number of thiazole rings is 1. The Morgan fingerprint density at radius 3 is 2.41 bits per heavy atom. The summed E-state index contributed by atoms with van der Waals surface area (Å²) in [4.78, 5) is 33.3. The van der Waals surface area contributed by atoms with Crippen molar-refractivity contribution in [3.8, 4) is 17.2 Å². The first-order chi connectivity index (χ1) is 18.8. The largest absolute Gasteiger partial charge is 0.507 e. The van der Waals surface area contributed by atoms with Gasteiger partial charge in [0.2, 0.25) is 0 Å². The van der Waals surface area contributed by atoms with Crippen molar-refractivity contribution >= 4 is 44.1 Å². The number of amides is 1. The molecule has 1 fully saturated rings. The molecule has 4 aromatic rings. The van der Waals surface area contributed by atoms with Crippen molar-refractivity contribution in [1.29, 1.82) is 0 Å². The maximum atomic E-state index is 13.6. The molecule has 8 nitrogen and oxygen atoms in total. The van der Waals surface area contributed by atoms with Gasteiger partial charge in [-0.25, -0.2) is 4.98 Å². The highest BCUT2D eigenvalue weighted by Gasteiger charge is 2.48. The molecule has 0 radical (unpaired) electrons. The van der Waals surface area contributed by atoms with Crippen LogP contribution in [-0.4, -0.2) is 42.6 Å². The fourth-order valence-corrected chi connectivity index (χ4v) is 6.01. The van der Waals surface area contributed by atoms with Crippen LogP contribution in [0.5, 0.6) is 17.2 Å². The molecule has 1 aliphatic rings. The molecule has 0 aliphatic carbocycles. The minimum Gasteiger partial charge on any atom is -0.507 e. The number of hydrogen-bond acceptors (Lipinski definition) is 8. The number of Topliss-reactive ketones (excluding diaryl/α,β-unsaturated/α-hetero) is 1. The van der Waals surface area contributed by atoms with E-state index in [0.29, 0.717) is 40.1 Å². The van der Waals surface area contributed by atoms with E-state index in [-0.39, 0.29) is 11.3 Å². The lowest BCUT2D eigenvalue weighted by Gasteiger charge is -2.24. The standard InChI is InChI=1S/C30H28N2O6S/c1-6-38-21-12-9-19(15-22(21)37-5)26-24(27(33)18-7-10-20(36-4)11-8-18)28(34)29(35)32(26)30-31-25-17(3)13-16(2)14-23(25)39-30/h7-15,26,33H,6H2,1-5H3. The Bertz CT molecular complexity index is 1620. The zero-order chi connectivity index (χ0) is 27.8. The molecule has 1 aliphatic heterocycles. The number of aryl methyl sites for hydroxylation is 2. The van der Waals surface area contributed by atoms with Crippen LogP contribution in [0.1, 0.15) is 35.2 Å². The average molecular weight is 545 g/mol. The van der Waals surface area contributed by atoms with E-state index in [4.69, 9.17) is 19.2 Å². The first-order valence-corrected chi connectivity index (χ1v) is 13.2. The van der Waals surface area contributed by atoms with Gasteiger partial charge >= 0.3 is 5.91 Å². The van der Waals surface area contributed by atoms with Crippen molar-refractivity contribution in [2.75, 3.05) is 25.7 Å². The first kappa shape index (κ1) is 26.2. The van der Waals surface area contributed by atoms with Crippen molar-refractivity contribution in [2.24, 2.45) is 0 Å². The number of aromatic nitrogens is 1. The lowest BCUT2D eigenvalue weighted by Crippen LogP contribution is -2.29. The second-order valence-electron chi connectivity index (χ2n) is 9.17. The van der Waals surface area contributed by atoms with Crippen molar-refractivity contribution in [3.05, 3.63) is 82.4 Å². The smallest absolute Gasteiger partial charge is 0.301 e. The highest BCUT2D eigenvalue weighted by Crippen LogP contribution is 2.46. The number of ketones is 1. The number of benzene rings is 3. The summed E-state index contributed by atoms with van der Waals surface area (Å²) in [6, 6.07) is 14.9. The molecule has 39 heavy (non-hydrogen) atoms. The molecular formula is C30H28N2O6S. The van der Waals surface area contributed by atoms with Crippen LogP contribution < -0.4 is 19.1 Å². The van der Waals surface area contributed by atoms with Gasteiger partial charge in [-0.1, -0.05) is 23.5 Å². The highest BCUT2D eigenvalue weighted by atomic mass is 32.1. The fraction of sp³-hybridized carbons (Fsp3) is 0.233. The van der Waals surface area contributed by atoms with E-state index in [1.807, 2.05) is 32.9 Å². The molecule has 0 saturated carbocycles. The fourth-order valence-electron chi connectivity index (χ4n) is 4.84. The molecule has 1 atom stereocenters. The van der Waals surface area contributed by atoms with Gasteiger partial charge in [-0.15, -0.1) is 0 Å². The van der Waals surface area contributed by atoms with Gasteiger partial charge in [0.15, 0.2) is 16.6 Å². The summed E-state index contributed by atoms with van der Waals surface area (Å²) in [5.74, 6) is -0.281. The number of nitrogens with zero attached hydrogens (tertiary/aromatic N) is 2. The number of rotatable bonds is 7. The topological polar surface area (TPSA) is 98.2 Å². The Labute approximate surface area is 230 Å². The molecule has 9 heteroatoms. The predicted molar refractivity (Wildman–Crippen MR) is 151 cm³/mol. The predicted octanol–water partition coefficient (Wildman–Crippen LogP) is 5.96. The van der Waals surface area contributed by atoms with E-state index < -0.39 is 17.7 Å². The summed E-state index contributed by atoms with van der Waals surface area (Å²) in [5.41, 5.74) is 3.72. The number of aliphatic hydroxyl groups is 1. The van der Waals surface area contributed by atoms with Gasteiger partial charge in [-0.2, -0.15) is 0 Å². The average Bonchev–Trinajstić information content (AvgIpc) is 3.47. The number of carbonyl (C=O) groups is 2. The number of ether oxygens (including phenoxy) is 3. The third-order valence-corrected chi connectivity index (χ3v) is 7.64. The van der Waals surface area contributed by atoms with Crippen LogP contribution in [0.3, 0.4) is 0 Å². The maximum Gasteiger partial charge on any atom is 0.301 e. The number of aliphatic hydroxyl groups excluding tert-OH is 1. The number of hydrogen-bond donors (Lipinski definition) is 1. The van der Waals surface area contributed by atoms with Crippen molar-refractivity contribution in [1.82, 2.24) is 4.98 Å². The van der Waals surface area contributed by atoms with Gasteiger partial charge < -0.3 is 19.3 Å². The zero-order valence-corrected chi connectivity index (χ0v) is 23.1. The Morgan fingerprint density at radius 1 is 1.00 bits per heavy atom. The second-order valence-corrected chi connectivity index (χ2v) is 10.2. The molecule has 1 saturated heterocycles. The van der Waals surface area contributed by atoms with E-state index in [2.05, 4.69) is 0 Å². The van der Waals surface area contributed by atoms with Gasteiger partial charge in [0.25, 0.3) is 5.78 Å². The lowest BCUT2D eigenvalue weighted by molar-refractivity contribution is -0.132.